The molecular formula is C16H15FN4OS. The molecule has 3 rings (SSSR count). The van der Waals surface area contributed by atoms with Crippen molar-refractivity contribution in [3.05, 3.63) is 57.9 Å². The molecule has 0 atom stereocenters. The Bertz CT molecular complexity index is 862. The summed E-state index contributed by atoms with van der Waals surface area (Å²) in [6.07, 6.45) is 2.09. The number of oxime groups is 1. The van der Waals surface area contributed by atoms with Gasteiger partial charge in [0, 0.05) is 28.2 Å². The average molecular weight is 330 g/mol. The highest BCUT2D eigenvalue weighted by molar-refractivity contribution is 7.09. The molecule has 0 aliphatic carbocycles. The zero-order valence-electron chi connectivity index (χ0n) is 12.5. The molecule has 0 fully saturated rings. The maximum atomic E-state index is 13.6. The van der Waals surface area contributed by atoms with Gasteiger partial charge in [0.05, 0.1) is 11.9 Å². The third-order valence-corrected chi connectivity index (χ3v) is 4.12. The lowest BCUT2D eigenvalue weighted by Crippen LogP contribution is -2.15. The van der Waals surface area contributed by atoms with Crippen molar-refractivity contribution in [2.24, 2.45) is 10.9 Å². The number of benzene rings is 1. The van der Waals surface area contributed by atoms with Crippen molar-refractivity contribution < 1.29 is 9.23 Å². The minimum Gasteiger partial charge on any atom is -0.389 e. The van der Waals surface area contributed by atoms with Gasteiger partial charge in [-0.2, -0.15) is 0 Å². The summed E-state index contributed by atoms with van der Waals surface area (Å²) in [7, 11) is 0. The molecule has 0 amide bonds. The van der Waals surface area contributed by atoms with Gasteiger partial charge in [-0.05, 0) is 25.1 Å². The first-order valence-electron chi connectivity index (χ1n) is 7.00. The van der Waals surface area contributed by atoms with Crippen molar-refractivity contribution in [1.82, 2.24) is 9.97 Å². The van der Waals surface area contributed by atoms with E-state index in [4.69, 9.17) is 10.6 Å². The summed E-state index contributed by atoms with van der Waals surface area (Å²) in [6.45, 7) is 2.02. The summed E-state index contributed by atoms with van der Waals surface area (Å²) in [5.41, 5.74) is 8.10. The van der Waals surface area contributed by atoms with Gasteiger partial charge in [0.25, 0.3) is 0 Å². The minimum absolute atomic E-state index is 0.100. The van der Waals surface area contributed by atoms with Crippen LogP contribution < -0.4 is 5.73 Å². The fourth-order valence-electron chi connectivity index (χ4n) is 2.19. The van der Waals surface area contributed by atoms with E-state index in [0.29, 0.717) is 23.3 Å². The molecule has 0 aliphatic rings. The largest absolute Gasteiger partial charge is 0.389 e. The smallest absolute Gasteiger partial charge is 0.146 e. The Balaban J connectivity index is 1.69. The molecule has 3 aromatic rings. The highest BCUT2D eigenvalue weighted by Gasteiger charge is 2.07. The lowest BCUT2D eigenvalue weighted by molar-refractivity contribution is 0.130. The minimum atomic E-state index is -0.334. The van der Waals surface area contributed by atoms with Gasteiger partial charge in [0.2, 0.25) is 0 Å². The molecular weight excluding hydrogens is 315 g/mol. The first-order valence-corrected chi connectivity index (χ1v) is 7.88. The van der Waals surface area contributed by atoms with Crippen LogP contribution in [0.2, 0.25) is 0 Å². The predicted molar refractivity (Wildman–Crippen MR) is 88.7 cm³/mol. The number of nitrogens with two attached hydrogens (primary N) is 1. The average Bonchev–Trinajstić information content (AvgIpc) is 2.92. The molecule has 0 bridgehead atoms. The Morgan fingerprint density at radius 3 is 3.09 bits per heavy atom. The number of fused-ring (bicyclic) bond motifs is 1. The van der Waals surface area contributed by atoms with E-state index in [9.17, 15) is 4.39 Å². The summed E-state index contributed by atoms with van der Waals surface area (Å²) >= 11 is 1.52. The monoisotopic (exact) mass is 330 g/mol. The van der Waals surface area contributed by atoms with Gasteiger partial charge in [-0.3, -0.25) is 4.98 Å². The first-order chi connectivity index (χ1) is 11.1. The van der Waals surface area contributed by atoms with Crippen LogP contribution in [-0.2, 0) is 17.9 Å². The van der Waals surface area contributed by atoms with Crippen LogP contribution >= 0.6 is 11.3 Å². The second-order valence-corrected chi connectivity index (χ2v) is 6.00. The Morgan fingerprint density at radius 1 is 1.43 bits per heavy atom. The van der Waals surface area contributed by atoms with Crippen molar-refractivity contribution in [2.75, 3.05) is 0 Å². The number of nitrogens with zero attached hydrogens (tertiary/aromatic N) is 3. The van der Waals surface area contributed by atoms with Gasteiger partial charge in [-0.25, -0.2) is 9.37 Å². The third-order valence-electron chi connectivity index (χ3n) is 3.15. The zero-order valence-corrected chi connectivity index (χ0v) is 13.3. The number of rotatable bonds is 5. The Morgan fingerprint density at radius 2 is 2.30 bits per heavy atom. The Kier molecular flexibility index (Phi) is 4.47. The molecule has 0 saturated carbocycles. The molecule has 118 valence electrons. The highest BCUT2D eigenvalue weighted by Crippen LogP contribution is 2.19. The third kappa shape index (κ3) is 3.81. The predicted octanol–water partition coefficient (Wildman–Crippen LogP) is 3.17. The number of aryl methyl sites for hydroxylation is 1. The molecule has 0 spiro atoms. The lowest BCUT2D eigenvalue weighted by atomic mass is 10.1. The normalized spacial score (nSPS) is 11.8. The number of pyridine rings is 1. The SMILES string of the molecule is Cc1csc(C/C(N)=N/OCc2cc(F)cc3cccnc23)n1. The van der Waals surface area contributed by atoms with Gasteiger partial charge < -0.3 is 10.6 Å². The molecule has 1 aromatic carbocycles. The molecule has 5 nitrogen and oxygen atoms in total. The van der Waals surface area contributed by atoms with E-state index < -0.39 is 0 Å². The number of hydrogen-bond acceptors (Lipinski definition) is 5. The van der Waals surface area contributed by atoms with Crippen LogP contribution in [0.25, 0.3) is 10.9 Å². The molecule has 0 unspecified atom stereocenters. The van der Waals surface area contributed by atoms with Gasteiger partial charge >= 0.3 is 0 Å². The molecule has 2 heterocycles. The fraction of sp³-hybridized carbons (Fsp3) is 0.188. The molecule has 2 N–H and O–H groups in total. The molecule has 23 heavy (non-hydrogen) atoms. The number of thiazole rings is 1. The maximum Gasteiger partial charge on any atom is 0.146 e. The van der Waals surface area contributed by atoms with Crippen molar-refractivity contribution >= 4 is 28.1 Å². The van der Waals surface area contributed by atoms with Crippen LogP contribution in [0.15, 0.2) is 41.0 Å². The summed E-state index contributed by atoms with van der Waals surface area (Å²) < 4.78 is 13.6. The second kappa shape index (κ2) is 6.70. The van der Waals surface area contributed by atoms with E-state index in [1.807, 2.05) is 12.3 Å². The quantitative estimate of drug-likeness (QED) is 0.443. The van der Waals surface area contributed by atoms with Crippen LogP contribution in [-0.4, -0.2) is 15.8 Å². The standard InChI is InChI=1S/C16H15FN4OS/c1-10-9-23-15(20-10)7-14(18)21-22-8-12-6-13(17)5-11-3-2-4-19-16(11)12/h2-6,9H,7-8H2,1H3,(H2,18,21). The number of aromatic nitrogens is 2. The van der Waals surface area contributed by atoms with E-state index >= 15 is 0 Å². The van der Waals surface area contributed by atoms with E-state index in [1.54, 1.807) is 18.3 Å². The van der Waals surface area contributed by atoms with E-state index in [0.717, 1.165) is 16.1 Å². The molecule has 0 saturated heterocycles. The van der Waals surface area contributed by atoms with Crippen LogP contribution in [0, 0.1) is 12.7 Å². The number of hydrogen-bond donors (Lipinski definition) is 1. The van der Waals surface area contributed by atoms with E-state index in [-0.39, 0.29) is 12.4 Å². The fourth-order valence-corrected chi connectivity index (χ4v) is 2.98. The van der Waals surface area contributed by atoms with Gasteiger partial charge in [-0.15, -0.1) is 11.3 Å². The van der Waals surface area contributed by atoms with Crippen LogP contribution in [0.5, 0.6) is 0 Å². The van der Waals surface area contributed by atoms with Crippen LogP contribution in [0.3, 0.4) is 0 Å². The van der Waals surface area contributed by atoms with Gasteiger partial charge in [0.15, 0.2) is 0 Å². The summed E-state index contributed by atoms with van der Waals surface area (Å²) in [4.78, 5) is 13.8. The van der Waals surface area contributed by atoms with Crippen LogP contribution in [0.1, 0.15) is 16.3 Å². The summed E-state index contributed by atoms with van der Waals surface area (Å²) in [5, 5.41) is 7.43. The molecule has 0 radical (unpaired) electrons. The van der Waals surface area contributed by atoms with E-state index in [2.05, 4.69) is 15.1 Å². The Hall–Kier alpha value is -2.54. The van der Waals surface area contributed by atoms with E-state index in [1.165, 1.54) is 23.5 Å². The first kappa shape index (κ1) is 15.4. The molecule has 2 aromatic heterocycles. The Labute approximate surface area is 136 Å². The van der Waals surface area contributed by atoms with Crippen molar-refractivity contribution in [1.29, 1.82) is 0 Å². The summed E-state index contributed by atoms with van der Waals surface area (Å²) in [6, 6.07) is 6.40. The van der Waals surface area contributed by atoms with Crippen molar-refractivity contribution in [3.63, 3.8) is 0 Å². The van der Waals surface area contributed by atoms with Crippen LogP contribution in [0.4, 0.5) is 4.39 Å². The van der Waals surface area contributed by atoms with Crippen molar-refractivity contribution in [2.45, 2.75) is 20.0 Å². The summed E-state index contributed by atoms with van der Waals surface area (Å²) in [5.74, 6) is -0.00710. The molecule has 0 aliphatic heterocycles. The highest BCUT2D eigenvalue weighted by atomic mass is 32.1. The second-order valence-electron chi connectivity index (χ2n) is 5.06. The number of amidine groups is 1. The van der Waals surface area contributed by atoms with Crippen molar-refractivity contribution in [3.8, 4) is 0 Å². The topological polar surface area (TPSA) is 73.4 Å². The zero-order chi connectivity index (χ0) is 16.2. The molecule has 7 heteroatoms. The van der Waals surface area contributed by atoms with Gasteiger partial charge in [-0.1, -0.05) is 11.2 Å². The lowest BCUT2D eigenvalue weighted by Gasteiger charge is -2.05. The number of halogens is 1. The van der Waals surface area contributed by atoms with Gasteiger partial charge in [0.1, 0.15) is 23.3 Å². The maximum absolute atomic E-state index is 13.6.